The molecule has 5 nitrogen and oxygen atoms in total. The molecule has 0 saturated carbocycles. The number of hydrogen-bond acceptors (Lipinski definition) is 4. The summed E-state index contributed by atoms with van der Waals surface area (Å²) in [7, 11) is 3.28. The molecule has 3 aromatic rings. The fraction of sp³-hybridized carbons (Fsp3) is 0.238. The van der Waals surface area contributed by atoms with Crippen LogP contribution in [0.4, 0.5) is 0 Å². The molecule has 1 aromatic heterocycles. The Kier molecular flexibility index (Phi) is 3.80. The van der Waals surface area contributed by atoms with Gasteiger partial charge in [0, 0.05) is 35.1 Å². The van der Waals surface area contributed by atoms with E-state index in [1.807, 2.05) is 56.4 Å². The Labute approximate surface area is 151 Å². The van der Waals surface area contributed by atoms with Crippen LogP contribution in [-0.2, 0) is 21.4 Å². The average molecular weight is 349 g/mol. The third-order valence-corrected chi connectivity index (χ3v) is 5.27. The molecule has 26 heavy (non-hydrogen) atoms. The van der Waals surface area contributed by atoms with Gasteiger partial charge in [-0.1, -0.05) is 36.4 Å². The lowest BCUT2D eigenvalue weighted by molar-refractivity contribution is -0.157. The maximum atomic E-state index is 12.7. The Morgan fingerprint density at radius 1 is 1.12 bits per heavy atom. The van der Waals surface area contributed by atoms with Crippen LogP contribution < -0.4 is 4.74 Å². The highest BCUT2D eigenvalue weighted by molar-refractivity contribution is 6.00. The summed E-state index contributed by atoms with van der Waals surface area (Å²) in [5.74, 6) is -2.14. The Hall–Kier alpha value is -3.08. The van der Waals surface area contributed by atoms with Crippen LogP contribution in [0.5, 0.6) is 5.75 Å². The van der Waals surface area contributed by atoms with Gasteiger partial charge in [0.15, 0.2) is 5.92 Å². The van der Waals surface area contributed by atoms with Gasteiger partial charge in [-0.2, -0.15) is 0 Å². The Balaban J connectivity index is 2.05. The van der Waals surface area contributed by atoms with Crippen LogP contribution in [0.3, 0.4) is 0 Å². The van der Waals surface area contributed by atoms with E-state index >= 15 is 0 Å². The van der Waals surface area contributed by atoms with Crippen LogP contribution in [-0.4, -0.2) is 23.6 Å². The molecule has 132 valence electrons. The molecule has 0 amide bonds. The second-order valence-electron chi connectivity index (χ2n) is 6.51. The zero-order valence-corrected chi connectivity index (χ0v) is 14.9. The highest BCUT2D eigenvalue weighted by atomic mass is 16.6. The Morgan fingerprint density at radius 2 is 1.81 bits per heavy atom. The van der Waals surface area contributed by atoms with E-state index < -0.39 is 23.8 Å². The fourth-order valence-corrected chi connectivity index (χ4v) is 3.94. The number of aryl methyl sites for hydroxylation is 1. The summed E-state index contributed by atoms with van der Waals surface area (Å²) in [5.41, 5.74) is 3.85. The average Bonchev–Trinajstić information content (AvgIpc) is 2.91. The van der Waals surface area contributed by atoms with E-state index in [-0.39, 0.29) is 0 Å². The minimum atomic E-state index is -1.03. The molecular formula is C21H19NO4. The van der Waals surface area contributed by atoms with Gasteiger partial charge >= 0.3 is 11.9 Å². The quantitative estimate of drug-likeness (QED) is 0.405. The predicted octanol–water partition coefficient (Wildman–Crippen LogP) is 3.33. The van der Waals surface area contributed by atoms with E-state index in [0.717, 1.165) is 27.7 Å². The number of carbonyl (C=O) groups is 2. The van der Waals surface area contributed by atoms with Gasteiger partial charge in [0.25, 0.3) is 0 Å². The molecule has 0 radical (unpaired) electrons. The van der Waals surface area contributed by atoms with Gasteiger partial charge in [-0.3, -0.25) is 9.59 Å². The number of nitrogens with zero attached hydrogens (tertiary/aromatic N) is 1. The van der Waals surface area contributed by atoms with Crippen LogP contribution in [0.15, 0.2) is 48.5 Å². The van der Waals surface area contributed by atoms with Crippen molar-refractivity contribution in [2.45, 2.75) is 12.8 Å². The number of carbonyl (C=O) groups excluding carboxylic acids is 2. The molecule has 1 aliphatic rings. The van der Waals surface area contributed by atoms with E-state index in [1.165, 1.54) is 7.11 Å². The van der Waals surface area contributed by atoms with Gasteiger partial charge in [0.05, 0.1) is 7.11 Å². The molecule has 0 saturated heterocycles. The number of benzene rings is 2. The monoisotopic (exact) mass is 349 g/mol. The molecule has 0 unspecified atom stereocenters. The summed E-state index contributed by atoms with van der Waals surface area (Å²) in [5, 5.41) is 1.02. The number of fused-ring (bicyclic) bond motifs is 2. The van der Waals surface area contributed by atoms with Crippen LogP contribution in [0.1, 0.15) is 22.7 Å². The number of esters is 2. The molecule has 2 aromatic carbocycles. The molecule has 4 rings (SSSR count). The number of methoxy groups -OCH3 is 1. The van der Waals surface area contributed by atoms with E-state index in [1.54, 1.807) is 6.07 Å². The predicted molar refractivity (Wildman–Crippen MR) is 97.1 cm³/mol. The van der Waals surface area contributed by atoms with Crippen LogP contribution >= 0.6 is 0 Å². The molecule has 0 bridgehead atoms. The topological polar surface area (TPSA) is 57.5 Å². The van der Waals surface area contributed by atoms with Crippen molar-refractivity contribution in [3.63, 3.8) is 0 Å². The molecule has 0 N–H and O–H groups in total. The lowest BCUT2D eigenvalue weighted by Gasteiger charge is -2.30. The molecule has 0 spiro atoms. The van der Waals surface area contributed by atoms with Crippen molar-refractivity contribution < 1.29 is 19.1 Å². The first-order chi connectivity index (χ1) is 12.5. The van der Waals surface area contributed by atoms with Crippen molar-refractivity contribution >= 4 is 22.8 Å². The van der Waals surface area contributed by atoms with Crippen LogP contribution in [0.2, 0.25) is 0 Å². The van der Waals surface area contributed by atoms with Crippen molar-refractivity contribution in [1.82, 2.24) is 4.57 Å². The lowest BCUT2D eigenvalue weighted by Crippen LogP contribution is -2.38. The number of hydrogen-bond donors (Lipinski definition) is 0. The van der Waals surface area contributed by atoms with Crippen molar-refractivity contribution in [2.75, 3.05) is 7.11 Å². The zero-order chi connectivity index (χ0) is 18.4. The van der Waals surface area contributed by atoms with E-state index in [9.17, 15) is 9.59 Å². The molecule has 0 aliphatic carbocycles. The summed E-state index contributed by atoms with van der Waals surface area (Å²) in [6.45, 7) is 2.01. The minimum Gasteiger partial charge on any atom is -0.468 e. The first kappa shape index (κ1) is 16.4. The highest BCUT2D eigenvalue weighted by Gasteiger charge is 2.45. The molecule has 0 fully saturated rings. The zero-order valence-electron chi connectivity index (χ0n) is 14.9. The number of para-hydroxylation sites is 2. The van der Waals surface area contributed by atoms with Gasteiger partial charge in [-0.25, -0.2) is 0 Å². The first-order valence-electron chi connectivity index (χ1n) is 8.47. The number of aromatic nitrogens is 1. The first-order valence-corrected chi connectivity index (χ1v) is 8.47. The summed E-state index contributed by atoms with van der Waals surface area (Å²) >= 11 is 0. The third kappa shape index (κ3) is 2.24. The molecule has 2 heterocycles. The maximum Gasteiger partial charge on any atom is 0.326 e. The third-order valence-electron chi connectivity index (χ3n) is 5.27. The van der Waals surface area contributed by atoms with Gasteiger partial charge in [-0.15, -0.1) is 0 Å². The van der Waals surface area contributed by atoms with Crippen molar-refractivity contribution in [3.8, 4) is 5.75 Å². The lowest BCUT2D eigenvalue weighted by atomic mass is 9.77. The van der Waals surface area contributed by atoms with Gasteiger partial charge in [-0.05, 0) is 24.6 Å². The molecular weight excluding hydrogens is 330 g/mol. The van der Waals surface area contributed by atoms with Gasteiger partial charge < -0.3 is 14.0 Å². The summed E-state index contributed by atoms with van der Waals surface area (Å²) in [6, 6.07) is 15.4. The number of rotatable bonds is 2. The second kappa shape index (κ2) is 6.02. The minimum absolute atomic E-state index is 0.453. The highest BCUT2D eigenvalue weighted by Crippen LogP contribution is 2.46. The van der Waals surface area contributed by atoms with E-state index in [0.29, 0.717) is 5.75 Å². The largest absolute Gasteiger partial charge is 0.468 e. The van der Waals surface area contributed by atoms with Crippen molar-refractivity contribution in [2.24, 2.45) is 13.0 Å². The Morgan fingerprint density at radius 3 is 2.58 bits per heavy atom. The standard InChI is InChI=1S/C21H19NO4/c1-12-17(13-8-4-6-10-15(13)22(12)2)18-14-9-5-7-11-16(14)26-21(24)19(18)20(23)25-3/h4-11,18-19H,1-3H3/t18-,19+/m0/s1. The maximum absolute atomic E-state index is 12.7. The second-order valence-corrected chi connectivity index (χ2v) is 6.51. The normalized spacial score (nSPS) is 19.1. The van der Waals surface area contributed by atoms with E-state index in [2.05, 4.69) is 4.57 Å². The summed E-state index contributed by atoms with van der Waals surface area (Å²) in [4.78, 5) is 25.2. The number of ether oxygens (including phenoxy) is 2. The molecule has 1 aliphatic heterocycles. The van der Waals surface area contributed by atoms with E-state index in [4.69, 9.17) is 9.47 Å². The van der Waals surface area contributed by atoms with Crippen LogP contribution in [0.25, 0.3) is 10.9 Å². The van der Waals surface area contributed by atoms with Crippen LogP contribution in [0, 0.1) is 12.8 Å². The summed E-state index contributed by atoms with van der Waals surface area (Å²) < 4.78 is 12.5. The smallest absolute Gasteiger partial charge is 0.326 e. The molecule has 2 atom stereocenters. The van der Waals surface area contributed by atoms with Gasteiger partial charge in [0.1, 0.15) is 5.75 Å². The van der Waals surface area contributed by atoms with Gasteiger partial charge in [0.2, 0.25) is 0 Å². The summed E-state index contributed by atoms with van der Waals surface area (Å²) in [6.07, 6.45) is 0. The van der Waals surface area contributed by atoms with Crippen molar-refractivity contribution in [3.05, 3.63) is 65.4 Å². The SMILES string of the molecule is COC(=O)[C@@H]1C(=O)Oc2ccccc2[C@H]1c1c(C)n(C)c2ccccc12. The molecule has 5 heteroatoms. The fourth-order valence-electron chi connectivity index (χ4n) is 3.94. The van der Waals surface area contributed by atoms with Crippen molar-refractivity contribution in [1.29, 1.82) is 0 Å². The Bertz CT molecular complexity index is 1030.